The van der Waals surface area contributed by atoms with E-state index in [2.05, 4.69) is 15.3 Å². The number of nitrogens with one attached hydrogen (secondary N) is 1. The van der Waals surface area contributed by atoms with E-state index in [-0.39, 0.29) is 30.8 Å². The number of aliphatic hydroxyl groups is 1. The third-order valence-electron chi connectivity index (χ3n) is 13.2. The van der Waals surface area contributed by atoms with Crippen molar-refractivity contribution in [3.05, 3.63) is 30.9 Å². The Morgan fingerprint density at radius 2 is 1.70 bits per heavy atom. The Kier molecular flexibility index (Phi) is 15.2. The fourth-order valence-electron chi connectivity index (χ4n) is 9.61. The number of ether oxygens (including phenoxy) is 5. The Morgan fingerprint density at radius 3 is 2.32 bits per heavy atom. The molecule has 3 saturated heterocycles. The first-order chi connectivity index (χ1) is 28.3. The summed E-state index contributed by atoms with van der Waals surface area (Å²) in [6.07, 6.45) is 2.69. The molecule has 13 atom stereocenters. The summed E-state index contributed by atoms with van der Waals surface area (Å²) in [7, 11) is 7.05. The number of carbonyl (C=O) groups is 4. The van der Waals surface area contributed by atoms with Crippen molar-refractivity contribution >= 4 is 29.4 Å². The summed E-state index contributed by atoms with van der Waals surface area (Å²) in [5, 5.41) is 14.5. The van der Waals surface area contributed by atoms with Gasteiger partial charge in [0.1, 0.15) is 29.7 Å². The van der Waals surface area contributed by atoms with E-state index in [0.29, 0.717) is 32.4 Å². The number of ketones is 2. The number of imidazole rings is 1. The van der Waals surface area contributed by atoms with Gasteiger partial charge in [-0.3, -0.25) is 14.4 Å². The maximum absolute atomic E-state index is 14.7. The monoisotopic (exact) mass is 840 g/mol. The Morgan fingerprint density at radius 1 is 1.00 bits per heavy atom. The molecular weight excluding hydrogens is 773 g/mol. The predicted molar refractivity (Wildman–Crippen MR) is 224 cm³/mol. The number of unbranched alkanes of at least 4 members (excludes halogenated alkanes) is 1. The summed E-state index contributed by atoms with van der Waals surface area (Å²) in [6.45, 7) is 14.9. The number of aryl methyl sites for hydroxylation is 1. The summed E-state index contributed by atoms with van der Waals surface area (Å²) in [6, 6.07) is 2.77. The molecule has 0 radical (unpaired) electrons. The Labute approximate surface area is 355 Å². The highest BCUT2D eigenvalue weighted by Crippen LogP contribution is 2.43. The third kappa shape index (κ3) is 9.72. The summed E-state index contributed by atoms with van der Waals surface area (Å²) in [5.74, 6) is -4.21. The molecule has 5 rings (SSSR count). The first-order valence-corrected chi connectivity index (χ1v) is 21.4. The van der Waals surface area contributed by atoms with Crippen molar-refractivity contribution in [2.24, 2.45) is 23.7 Å². The molecule has 0 bridgehead atoms. The fourth-order valence-corrected chi connectivity index (χ4v) is 9.61. The first kappa shape index (κ1) is 47.1. The molecule has 16 nitrogen and oxygen atoms in total. The lowest BCUT2D eigenvalue weighted by molar-refractivity contribution is -0.295. The number of esters is 1. The van der Waals surface area contributed by atoms with Crippen molar-refractivity contribution < 1.29 is 48.0 Å². The highest BCUT2D eigenvalue weighted by molar-refractivity contribution is 6.00. The molecule has 3 aliphatic rings. The lowest BCUT2D eigenvalue weighted by Crippen LogP contribution is -2.60. The van der Waals surface area contributed by atoms with Crippen molar-refractivity contribution in [1.82, 2.24) is 24.3 Å². The molecule has 0 aliphatic carbocycles. The number of pyridine rings is 1. The average molecular weight is 841 g/mol. The Bertz CT molecular complexity index is 1810. The average Bonchev–Trinajstić information content (AvgIpc) is 3.80. The van der Waals surface area contributed by atoms with E-state index in [1.165, 1.54) is 14.0 Å². The third-order valence-corrected chi connectivity index (χ3v) is 13.2. The van der Waals surface area contributed by atoms with Gasteiger partial charge >= 0.3 is 12.1 Å². The minimum atomic E-state index is -1.41. The molecule has 334 valence electrons. The molecule has 1 amide bonds. The standard InChI is InChI=1S/C44H68N6O10/c1-13-33-44(8)38(50(42(55)60-44)19-15-14-18-49-23-31(47-24-49)30-16-17-34(45-9)46-22-30)27(4)35(51)25(2)21-43(7,56-12)39(28(5)36(52)29(6)40(54)58-33)59-41-37(53)32(48(10)11)20-26(3)57-41/h16-17,22-29,32-33,37-39,41,53H,13-15,18-21H2,1-12H3,(H,45,46)/t25-,26-,27+,28+,29-,32+,33-,37-,38-,39?,41?,43+,44-/m1/s1. The molecule has 16 heteroatoms. The molecular formula is C44H68N6O10. The first-order valence-electron chi connectivity index (χ1n) is 21.4. The highest BCUT2D eigenvalue weighted by Gasteiger charge is 2.60. The van der Waals surface area contributed by atoms with Gasteiger partial charge in [-0.15, -0.1) is 0 Å². The fraction of sp³-hybridized carbons (Fsp3) is 0.727. The van der Waals surface area contributed by atoms with Crippen LogP contribution in [0.25, 0.3) is 11.3 Å². The molecule has 2 aromatic heterocycles. The van der Waals surface area contributed by atoms with Crippen LogP contribution in [0.15, 0.2) is 30.9 Å². The van der Waals surface area contributed by atoms with Gasteiger partial charge in [-0.1, -0.05) is 27.7 Å². The number of likely N-dealkylation sites (N-methyl/N-ethyl adjacent to an activating group) is 1. The number of fused-ring (bicyclic) bond motifs is 1. The zero-order valence-electron chi connectivity index (χ0n) is 37.5. The number of Topliss-reactive ketones (excluding diaryl/α,β-unsaturated/α-hetero) is 2. The van der Waals surface area contributed by atoms with Gasteiger partial charge in [-0.05, 0) is 86.0 Å². The number of aliphatic hydroxyl groups excluding tert-OH is 1. The van der Waals surface area contributed by atoms with Gasteiger partial charge in [0.25, 0.3) is 0 Å². The molecule has 2 N–H and O–H groups in total. The lowest BCUT2D eigenvalue weighted by atomic mass is 9.73. The van der Waals surface area contributed by atoms with Crippen LogP contribution in [-0.2, 0) is 44.6 Å². The number of carbonyl (C=O) groups excluding carboxylic acids is 4. The predicted octanol–water partition coefficient (Wildman–Crippen LogP) is 4.97. The molecule has 2 unspecified atom stereocenters. The van der Waals surface area contributed by atoms with Crippen LogP contribution in [0.3, 0.4) is 0 Å². The second-order valence-electron chi connectivity index (χ2n) is 17.8. The van der Waals surface area contributed by atoms with E-state index in [1.807, 2.05) is 69.7 Å². The number of rotatable bonds is 12. The van der Waals surface area contributed by atoms with Crippen molar-refractivity contribution in [2.75, 3.05) is 40.1 Å². The van der Waals surface area contributed by atoms with Gasteiger partial charge in [0.05, 0.1) is 35.9 Å². The maximum Gasteiger partial charge on any atom is 0.410 e. The summed E-state index contributed by atoms with van der Waals surface area (Å²) in [4.78, 5) is 69.4. The number of anilines is 1. The maximum atomic E-state index is 14.7. The van der Waals surface area contributed by atoms with Crippen LogP contribution in [0.5, 0.6) is 0 Å². The van der Waals surface area contributed by atoms with Crippen molar-refractivity contribution in [2.45, 2.75) is 148 Å². The van der Waals surface area contributed by atoms with Gasteiger partial charge in [0.15, 0.2) is 17.7 Å². The molecule has 0 saturated carbocycles. The van der Waals surface area contributed by atoms with Crippen LogP contribution < -0.4 is 5.32 Å². The summed E-state index contributed by atoms with van der Waals surface area (Å²) < 4.78 is 33.2. The summed E-state index contributed by atoms with van der Waals surface area (Å²) in [5.41, 5.74) is -0.987. The SMILES string of the molecule is CC[C@H]1OC(=O)[C@H](C)C(=O)[C@H](C)C(OC2O[C@H](C)C[C@H](N(C)C)[C@H]2O)[C@@](C)(OC)C[C@@H](C)C(=O)[C@H](C)[C@H]2N(CCCCn3cnc(-c4ccc(NC)nc4)c3)C(=O)O[C@]12C. The number of methoxy groups -OCH3 is 1. The molecule has 5 heterocycles. The number of hydrogen-bond acceptors (Lipinski definition) is 14. The molecule has 2 aromatic rings. The van der Waals surface area contributed by atoms with Gasteiger partial charge in [0, 0.05) is 69.0 Å². The van der Waals surface area contributed by atoms with Gasteiger partial charge < -0.3 is 48.5 Å². The van der Waals surface area contributed by atoms with Crippen molar-refractivity contribution in [1.29, 1.82) is 0 Å². The minimum absolute atomic E-state index is 0.126. The lowest BCUT2D eigenvalue weighted by Gasteiger charge is -2.47. The topological polar surface area (TPSA) is 184 Å². The van der Waals surface area contributed by atoms with Crippen LogP contribution in [0.4, 0.5) is 10.6 Å². The van der Waals surface area contributed by atoms with E-state index in [4.69, 9.17) is 23.7 Å². The van der Waals surface area contributed by atoms with Gasteiger partial charge in [-0.2, -0.15) is 0 Å². The molecule has 60 heavy (non-hydrogen) atoms. The Balaban J connectivity index is 1.42. The Hall–Kier alpha value is -3.96. The molecule has 0 spiro atoms. The van der Waals surface area contributed by atoms with E-state index >= 15 is 0 Å². The number of cyclic esters (lactones) is 1. The molecule has 3 fully saturated rings. The van der Waals surface area contributed by atoms with Crippen LogP contribution in [-0.4, -0.2) is 142 Å². The van der Waals surface area contributed by atoms with E-state index < -0.39 is 83.4 Å². The smallest absolute Gasteiger partial charge is 0.410 e. The van der Waals surface area contributed by atoms with Crippen molar-refractivity contribution in [3.8, 4) is 11.3 Å². The minimum Gasteiger partial charge on any atom is -0.458 e. The number of hydrogen-bond donors (Lipinski definition) is 2. The van der Waals surface area contributed by atoms with Crippen LogP contribution in [0.1, 0.15) is 87.5 Å². The normalized spacial score (nSPS) is 35.8. The van der Waals surface area contributed by atoms with Crippen LogP contribution in [0.2, 0.25) is 0 Å². The molecule has 0 aromatic carbocycles. The van der Waals surface area contributed by atoms with Crippen molar-refractivity contribution in [3.63, 3.8) is 0 Å². The van der Waals surface area contributed by atoms with Crippen LogP contribution in [0, 0.1) is 23.7 Å². The summed E-state index contributed by atoms with van der Waals surface area (Å²) >= 11 is 0. The number of amides is 1. The highest BCUT2D eigenvalue weighted by atomic mass is 16.7. The van der Waals surface area contributed by atoms with E-state index in [9.17, 15) is 24.3 Å². The van der Waals surface area contributed by atoms with E-state index in [0.717, 1.165) is 17.1 Å². The van der Waals surface area contributed by atoms with E-state index in [1.54, 1.807) is 45.1 Å². The van der Waals surface area contributed by atoms with Gasteiger partial charge in [0.2, 0.25) is 0 Å². The largest absolute Gasteiger partial charge is 0.458 e. The number of aromatic nitrogens is 3. The quantitative estimate of drug-likeness (QED) is 0.166. The molecule has 3 aliphatic heterocycles. The zero-order chi connectivity index (χ0) is 44.3. The number of nitrogens with zero attached hydrogens (tertiary/aromatic N) is 5. The second kappa shape index (κ2) is 19.4. The zero-order valence-corrected chi connectivity index (χ0v) is 37.5. The second-order valence-corrected chi connectivity index (χ2v) is 17.8. The van der Waals surface area contributed by atoms with Gasteiger partial charge in [-0.25, -0.2) is 14.8 Å². The van der Waals surface area contributed by atoms with Crippen LogP contribution >= 0.6 is 0 Å².